The van der Waals surface area contributed by atoms with Gasteiger partial charge in [0.25, 0.3) is 5.91 Å². The molecule has 3 rings (SSSR count). The molecule has 0 saturated carbocycles. The Morgan fingerprint density at radius 3 is 2.65 bits per heavy atom. The van der Waals surface area contributed by atoms with E-state index in [1.54, 1.807) is 0 Å². The van der Waals surface area contributed by atoms with E-state index in [1.165, 1.54) is 5.69 Å². The molecule has 0 unspecified atom stereocenters. The number of nitrogens with zero attached hydrogens (tertiary/aromatic N) is 4. The van der Waals surface area contributed by atoms with Crippen LogP contribution in [0.15, 0.2) is 0 Å². The van der Waals surface area contributed by atoms with E-state index < -0.39 is 0 Å². The van der Waals surface area contributed by atoms with Gasteiger partial charge in [0.05, 0.1) is 12.2 Å². The van der Waals surface area contributed by atoms with Crippen LogP contribution in [0.5, 0.6) is 0 Å². The van der Waals surface area contributed by atoms with Crippen LogP contribution in [0.1, 0.15) is 28.2 Å². The van der Waals surface area contributed by atoms with Gasteiger partial charge in [0.1, 0.15) is 0 Å². The molecule has 0 spiro atoms. The van der Waals surface area contributed by atoms with Crippen molar-refractivity contribution in [2.24, 2.45) is 0 Å². The molecule has 0 atom stereocenters. The fourth-order valence-electron chi connectivity index (χ4n) is 2.44. The normalized spacial score (nSPS) is 20.0. The van der Waals surface area contributed by atoms with E-state index in [0.717, 1.165) is 44.7 Å². The summed E-state index contributed by atoms with van der Waals surface area (Å²) in [7, 11) is 2.10. The summed E-state index contributed by atoms with van der Waals surface area (Å²) in [6.07, 6.45) is 1.13. The molecule has 5 nitrogen and oxygen atoms in total. The van der Waals surface area contributed by atoms with E-state index in [-0.39, 0.29) is 5.91 Å². The van der Waals surface area contributed by atoms with Gasteiger partial charge in [-0.15, -0.1) is 0 Å². The van der Waals surface area contributed by atoms with Crippen LogP contribution in [0.2, 0.25) is 0 Å². The number of carbonyl (C=O) groups is 1. The summed E-state index contributed by atoms with van der Waals surface area (Å²) in [5.74, 6) is 0.110. The Balaban J connectivity index is 1.93. The maximum Gasteiger partial charge on any atom is 0.274 e. The van der Waals surface area contributed by atoms with Crippen LogP contribution in [0.3, 0.4) is 0 Å². The van der Waals surface area contributed by atoms with E-state index >= 15 is 0 Å². The number of rotatable bonds is 1. The third-order valence-electron chi connectivity index (χ3n) is 3.78. The van der Waals surface area contributed by atoms with Gasteiger partial charge in [-0.05, 0) is 20.4 Å². The lowest BCUT2D eigenvalue weighted by Crippen LogP contribution is -2.42. The largest absolute Gasteiger partial charge is 0.337 e. The average molecular weight is 234 g/mol. The van der Waals surface area contributed by atoms with Gasteiger partial charge in [-0.3, -0.25) is 14.4 Å². The maximum atomic E-state index is 12.2. The molecule has 1 amide bonds. The molecule has 0 radical (unpaired) electrons. The Labute approximate surface area is 101 Å². The van der Waals surface area contributed by atoms with E-state index in [0.29, 0.717) is 5.69 Å². The Hall–Kier alpha value is -1.36. The first-order valence-electron chi connectivity index (χ1n) is 6.21. The maximum absolute atomic E-state index is 12.2. The van der Waals surface area contributed by atoms with Crippen molar-refractivity contribution in [3.05, 3.63) is 17.0 Å². The Bertz CT molecular complexity index is 461. The van der Waals surface area contributed by atoms with Crippen molar-refractivity contribution >= 4 is 5.91 Å². The molecule has 5 heteroatoms. The second kappa shape index (κ2) is 3.84. The predicted octanol–water partition coefficient (Wildman–Crippen LogP) is 0.483. The fraction of sp³-hybridized carbons (Fsp3) is 0.667. The summed E-state index contributed by atoms with van der Waals surface area (Å²) in [6, 6.07) is 0. The lowest BCUT2D eigenvalue weighted by molar-refractivity contribution is 0.0644. The molecule has 1 aromatic rings. The third-order valence-corrected chi connectivity index (χ3v) is 3.78. The summed E-state index contributed by atoms with van der Waals surface area (Å²) in [5.41, 5.74) is 2.92. The van der Waals surface area contributed by atoms with Crippen LogP contribution in [-0.4, -0.2) is 52.2 Å². The van der Waals surface area contributed by atoms with Gasteiger partial charge in [0.2, 0.25) is 0 Å². The van der Waals surface area contributed by atoms with Crippen molar-refractivity contribution in [2.75, 3.05) is 26.7 Å². The van der Waals surface area contributed by atoms with E-state index in [2.05, 4.69) is 17.0 Å². The van der Waals surface area contributed by atoms with E-state index in [4.69, 9.17) is 0 Å². The highest BCUT2D eigenvalue weighted by Gasteiger charge is 2.28. The Morgan fingerprint density at radius 1 is 1.24 bits per heavy atom. The molecule has 2 aliphatic rings. The Morgan fingerprint density at radius 2 is 2.00 bits per heavy atom. The van der Waals surface area contributed by atoms with Crippen molar-refractivity contribution < 1.29 is 4.79 Å². The fourth-order valence-corrected chi connectivity index (χ4v) is 2.44. The monoisotopic (exact) mass is 234 g/mol. The van der Waals surface area contributed by atoms with Crippen LogP contribution in [0, 0.1) is 6.92 Å². The van der Waals surface area contributed by atoms with Gasteiger partial charge in [-0.2, -0.15) is 5.10 Å². The number of likely N-dealkylation sites (tertiary alicyclic amines) is 1. The summed E-state index contributed by atoms with van der Waals surface area (Å²) in [6.45, 7) is 6.59. The first-order chi connectivity index (χ1) is 8.16. The second-order valence-electron chi connectivity index (χ2n) is 5.03. The van der Waals surface area contributed by atoms with Crippen LogP contribution in [0.4, 0.5) is 0 Å². The molecule has 0 aliphatic carbocycles. The van der Waals surface area contributed by atoms with Crippen LogP contribution < -0.4 is 0 Å². The van der Waals surface area contributed by atoms with Crippen molar-refractivity contribution in [1.82, 2.24) is 19.6 Å². The standard InChI is InChI=1S/C12H18N4O/c1-9-10-8-14(2)6-7-16(10)13-11(9)12(17)15-4-3-5-15/h3-8H2,1-2H3. The molecule has 0 aromatic carbocycles. The minimum atomic E-state index is 0.110. The van der Waals surface area contributed by atoms with Crippen molar-refractivity contribution in [1.29, 1.82) is 0 Å². The molecule has 0 N–H and O–H groups in total. The van der Waals surface area contributed by atoms with E-state index in [9.17, 15) is 4.79 Å². The number of aromatic nitrogens is 2. The molecule has 92 valence electrons. The molecular weight excluding hydrogens is 216 g/mol. The molecule has 1 fully saturated rings. The summed E-state index contributed by atoms with van der Waals surface area (Å²) >= 11 is 0. The number of fused-ring (bicyclic) bond motifs is 1. The lowest BCUT2D eigenvalue weighted by atomic mass is 10.1. The number of carbonyl (C=O) groups excluding carboxylic acids is 1. The Kier molecular flexibility index (Phi) is 2.43. The summed E-state index contributed by atoms with van der Waals surface area (Å²) in [5, 5.41) is 4.49. The topological polar surface area (TPSA) is 41.4 Å². The van der Waals surface area contributed by atoms with Crippen LogP contribution >= 0.6 is 0 Å². The average Bonchev–Trinajstić information content (AvgIpc) is 2.54. The quantitative estimate of drug-likeness (QED) is 0.710. The first-order valence-corrected chi connectivity index (χ1v) is 6.21. The highest BCUT2D eigenvalue weighted by Crippen LogP contribution is 2.21. The third kappa shape index (κ3) is 1.65. The van der Waals surface area contributed by atoms with Crippen LogP contribution in [-0.2, 0) is 13.1 Å². The van der Waals surface area contributed by atoms with E-state index in [1.807, 2.05) is 16.5 Å². The predicted molar refractivity (Wildman–Crippen MR) is 63.8 cm³/mol. The highest BCUT2D eigenvalue weighted by molar-refractivity contribution is 5.94. The zero-order valence-electron chi connectivity index (χ0n) is 10.4. The number of hydrogen-bond donors (Lipinski definition) is 0. The zero-order chi connectivity index (χ0) is 12.0. The summed E-state index contributed by atoms with van der Waals surface area (Å²) in [4.78, 5) is 16.3. The van der Waals surface area contributed by atoms with Crippen molar-refractivity contribution in [3.63, 3.8) is 0 Å². The van der Waals surface area contributed by atoms with Crippen molar-refractivity contribution in [3.8, 4) is 0 Å². The number of likely N-dealkylation sites (N-methyl/N-ethyl adjacent to an activating group) is 1. The molecule has 0 bridgehead atoms. The number of hydrogen-bond acceptors (Lipinski definition) is 3. The van der Waals surface area contributed by atoms with Gasteiger partial charge >= 0.3 is 0 Å². The molecule has 1 saturated heterocycles. The molecule has 1 aromatic heterocycles. The number of amides is 1. The van der Waals surface area contributed by atoms with Gasteiger partial charge in [0.15, 0.2) is 5.69 Å². The van der Waals surface area contributed by atoms with Crippen LogP contribution in [0.25, 0.3) is 0 Å². The minimum Gasteiger partial charge on any atom is -0.337 e. The van der Waals surface area contributed by atoms with Gasteiger partial charge < -0.3 is 4.90 Å². The zero-order valence-corrected chi connectivity index (χ0v) is 10.4. The molecule has 3 heterocycles. The van der Waals surface area contributed by atoms with Gasteiger partial charge in [0, 0.05) is 31.7 Å². The lowest BCUT2D eigenvalue weighted by Gasteiger charge is -2.30. The second-order valence-corrected chi connectivity index (χ2v) is 5.03. The molecular formula is C12H18N4O. The van der Waals surface area contributed by atoms with Gasteiger partial charge in [-0.1, -0.05) is 0 Å². The summed E-state index contributed by atoms with van der Waals surface area (Å²) < 4.78 is 2.00. The smallest absolute Gasteiger partial charge is 0.274 e. The minimum absolute atomic E-state index is 0.110. The highest BCUT2D eigenvalue weighted by atomic mass is 16.2. The molecule has 17 heavy (non-hydrogen) atoms. The SMILES string of the molecule is Cc1c(C(=O)N2CCC2)nn2c1CN(C)CC2. The first kappa shape index (κ1) is 10.8. The van der Waals surface area contributed by atoms with Gasteiger partial charge in [-0.25, -0.2) is 0 Å². The molecule has 2 aliphatic heterocycles. The van der Waals surface area contributed by atoms with Crippen molar-refractivity contribution in [2.45, 2.75) is 26.4 Å².